The second-order valence-corrected chi connectivity index (χ2v) is 7.01. The van der Waals surface area contributed by atoms with E-state index in [1.165, 1.54) is 6.20 Å². The van der Waals surface area contributed by atoms with Gasteiger partial charge < -0.3 is 15.5 Å². The van der Waals surface area contributed by atoms with Gasteiger partial charge in [0.15, 0.2) is 0 Å². The Morgan fingerprint density at radius 1 is 1.21 bits per heavy atom. The van der Waals surface area contributed by atoms with E-state index in [-0.39, 0.29) is 29.8 Å². The van der Waals surface area contributed by atoms with Gasteiger partial charge in [0.2, 0.25) is 5.91 Å². The third-order valence-corrected chi connectivity index (χ3v) is 5.34. The van der Waals surface area contributed by atoms with Crippen molar-refractivity contribution < 1.29 is 9.59 Å². The van der Waals surface area contributed by atoms with Gasteiger partial charge in [-0.05, 0) is 42.8 Å². The van der Waals surface area contributed by atoms with Crippen molar-refractivity contribution in [1.82, 2.24) is 10.3 Å². The summed E-state index contributed by atoms with van der Waals surface area (Å²) in [5.74, 6) is 0.478. The zero-order valence-electron chi connectivity index (χ0n) is 16.4. The van der Waals surface area contributed by atoms with Crippen LogP contribution >= 0.6 is 0 Å². The van der Waals surface area contributed by atoms with Gasteiger partial charge in [-0.1, -0.05) is 6.92 Å². The Hall–Kier alpha value is -3.40. The predicted molar refractivity (Wildman–Crippen MR) is 107 cm³/mol. The van der Waals surface area contributed by atoms with Gasteiger partial charge in [-0.3, -0.25) is 9.59 Å². The Labute approximate surface area is 164 Å². The molecule has 0 saturated carbocycles. The molecule has 0 radical (unpaired) electrons. The molecule has 3 rings (SSSR count). The average Bonchev–Trinajstić information content (AvgIpc) is 2.70. The normalized spacial score (nSPS) is 20.7. The van der Waals surface area contributed by atoms with Crippen molar-refractivity contribution in [3.8, 4) is 6.07 Å². The molecule has 2 N–H and O–H groups in total. The third kappa shape index (κ3) is 3.41. The Bertz CT molecular complexity index is 948. The molecule has 28 heavy (non-hydrogen) atoms. The SMILES string of the molecule is CNC(=O)c1ccc2c(c1)C(Nc1ccc(C#N)cn1)[C@@H](C)[C@H](C)N2C(C)=O. The number of hydrogen-bond donors (Lipinski definition) is 2. The van der Waals surface area contributed by atoms with E-state index < -0.39 is 0 Å². The number of fused-ring (bicyclic) bond motifs is 1. The summed E-state index contributed by atoms with van der Waals surface area (Å²) in [6.45, 7) is 5.63. The molecule has 7 nitrogen and oxygen atoms in total. The maximum atomic E-state index is 12.3. The monoisotopic (exact) mass is 377 g/mol. The molecule has 1 aromatic heterocycles. The van der Waals surface area contributed by atoms with Crippen molar-refractivity contribution in [2.45, 2.75) is 32.9 Å². The van der Waals surface area contributed by atoms with Crippen molar-refractivity contribution in [3.05, 3.63) is 53.2 Å². The second-order valence-electron chi connectivity index (χ2n) is 7.01. The first kappa shape index (κ1) is 19.4. The van der Waals surface area contributed by atoms with Gasteiger partial charge >= 0.3 is 0 Å². The molecule has 1 aliphatic heterocycles. The fraction of sp³-hybridized carbons (Fsp3) is 0.333. The van der Waals surface area contributed by atoms with Crippen LogP contribution in [0, 0.1) is 17.2 Å². The number of nitrogens with zero attached hydrogens (tertiary/aromatic N) is 3. The van der Waals surface area contributed by atoms with E-state index in [0.29, 0.717) is 16.9 Å². The Kier molecular flexibility index (Phi) is 5.32. The molecule has 7 heteroatoms. The van der Waals surface area contributed by atoms with E-state index in [2.05, 4.69) is 28.6 Å². The summed E-state index contributed by atoms with van der Waals surface area (Å²) in [5.41, 5.74) is 2.68. The number of aromatic nitrogens is 1. The second kappa shape index (κ2) is 7.69. The van der Waals surface area contributed by atoms with E-state index in [1.54, 1.807) is 37.1 Å². The zero-order chi connectivity index (χ0) is 20.4. The predicted octanol–water partition coefficient (Wildman–Crippen LogP) is 2.86. The van der Waals surface area contributed by atoms with Crippen molar-refractivity contribution in [2.75, 3.05) is 17.3 Å². The number of carbonyl (C=O) groups is 2. The zero-order valence-corrected chi connectivity index (χ0v) is 16.4. The molecule has 0 fully saturated rings. The standard InChI is InChI=1S/C21H23N5O2/c1-12-13(2)26(14(3)27)18-7-6-16(21(28)23-4)9-17(18)20(12)25-19-8-5-15(10-22)11-24-19/h5-9,11-13,20H,1-4H3,(H,23,28)(H,24,25)/t12-,13-,20?/m0/s1. The van der Waals surface area contributed by atoms with Crippen LogP contribution in [0.4, 0.5) is 11.5 Å². The highest BCUT2D eigenvalue weighted by molar-refractivity contribution is 5.97. The van der Waals surface area contributed by atoms with E-state index in [0.717, 1.165) is 11.3 Å². The van der Waals surface area contributed by atoms with Gasteiger partial charge in [-0.25, -0.2) is 4.98 Å². The van der Waals surface area contributed by atoms with Crippen molar-refractivity contribution in [3.63, 3.8) is 0 Å². The smallest absolute Gasteiger partial charge is 0.251 e. The number of hydrogen-bond acceptors (Lipinski definition) is 5. The van der Waals surface area contributed by atoms with Crippen LogP contribution in [-0.4, -0.2) is 29.9 Å². The number of benzene rings is 1. The Morgan fingerprint density at radius 3 is 2.54 bits per heavy atom. The molecule has 0 saturated heterocycles. The first-order chi connectivity index (χ1) is 13.4. The maximum absolute atomic E-state index is 12.3. The van der Waals surface area contributed by atoms with Gasteiger partial charge in [0.1, 0.15) is 11.9 Å². The molecule has 144 valence electrons. The van der Waals surface area contributed by atoms with E-state index >= 15 is 0 Å². The van der Waals surface area contributed by atoms with Gasteiger partial charge in [0.05, 0.1) is 11.6 Å². The highest BCUT2D eigenvalue weighted by Gasteiger charge is 2.38. The van der Waals surface area contributed by atoms with Crippen LogP contribution in [0.5, 0.6) is 0 Å². The molecule has 0 aliphatic carbocycles. The molecule has 1 aliphatic rings. The lowest BCUT2D eigenvalue weighted by atomic mass is 9.82. The van der Waals surface area contributed by atoms with Gasteiger partial charge in [-0.2, -0.15) is 5.26 Å². The minimum absolute atomic E-state index is 0.0354. The quantitative estimate of drug-likeness (QED) is 0.857. The number of amides is 2. The molecule has 0 spiro atoms. The van der Waals surface area contributed by atoms with Crippen LogP contribution in [0.3, 0.4) is 0 Å². The summed E-state index contributed by atoms with van der Waals surface area (Å²) in [6.07, 6.45) is 1.52. The lowest BCUT2D eigenvalue weighted by molar-refractivity contribution is -0.117. The van der Waals surface area contributed by atoms with E-state index in [1.807, 2.05) is 19.1 Å². The maximum Gasteiger partial charge on any atom is 0.251 e. The largest absolute Gasteiger partial charge is 0.363 e. The highest BCUT2D eigenvalue weighted by atomic mass is 16.2. The number of rotatable bonds is 3. The Balaban J connectivity index is 2.08. The summed E-state index contributed by atoms with van der Waals surface area (Å²) in [7, 11) is 1.59. The number of nitrogens with one attached hydrogen (secondary N) is 2. The molecule has 1 aromatic carbocycles. The van der Waals surface area contributed by atoms with Crippen LogP contribution in [0.1, 0.15) is 48.3 Å². The fourth-order valence-electron chi connectivity index (χ4n) is 3.70. The van der Waals surface area contributed by atoms with Crippen LogP contribution in [0.25, 0.3) is 0 Å². The summed E-state index contributed by atoms with van der Waals surface area (Å²) in [5, 5.41) is 15.0. The van der Waals surface area contributed by atoms with E-state index in [9.17, 15) is 9.59 Å². The summed E-state index contributed by atoms with van der Waals surface area (Å²) in [6, 6.07) is 10.7. The Morgan fingerprint density at radius 2 is 1.96 bits per heavy atom. The first-order valence-corrected chi connectivity index (χ1v) is 9.16. The molecular formula is C21H23N5O2. The molecule has 3 atom stereocenters. The molecular weight excluding hydrogens is 354 g/mol. The van der Waals surface area contributed by atoms with Crippen molar-refractivity contribution in [1.29, 1.82) is 5.26 Å². The molecule has 1 unspecified atom stereocenters. The number of pyridine rings is 1. The molecule has 0 bridgehead atoms. The van der Waals surface area contributed by atoms with E-state index in [4.69, 9.17) is 5.26 Å². The summed E-state index contributed by atoms with van der Waals surface area (Å²) >= 11 is 0. The molecule has 2 heterocycles. The number of nitriles is 1. The van der Waals surface area contributed by atoms with Crippen LogP contribution < -0.4 is 15.5 Å². The molecule has 2 amide bonds. The van der Waals surface area contributed by atoms with Gasteiger partial charge in [-0.15, -0.1) is 0 Å². The lowest BCUT2D eigenvalue weighted by Crippen LogP contribution is -2.48. The lowest BCUT2D eigenvalue weighted by Gasteiger charge is -2.44. The van der Waals surface area contributed by atoms with Crippen LogP contribution in [-0.2, 0) is 4.79 Å². The van der Waals surface area contributed by atoms with Crippen molar-refractivity contribution in [2.24, 2.45) is 5.92 Å². The highest BCUT2D eigenvalue weighted by Crippen LogP contribution is 2.42. The van der Waals surface area contributed by atoms with Crippen LogP contribution in [0.2, 0.25) is 0 Å². The molecule has 2 aromatic rings. The van der Waals surface area contributed by atoms with Gasteiger partial charge in [0, 0.05) is 43.4 Å². The topological polar surface area (TPSA) is 98.1 Å². The minimum Gasteiger partial charge on any atom is -0.363 e. The number of carbonyl (C=O) groups excluding carboxylic acids is 2. The van der Waals surface area contributed by atoms with Crippen LogP contribution in [0.15, 0.2) is 36.5 Å². The van der Waals surface area contributed by atoms with Gasteiger partial charge in [0.25, 0.3) is 5.91 Å². The number of anilines is 2. The first-order valence-electron chi connectivity index (χ1n) is 9.16. The third-order valence-electron chi connectivity index (χ3n) is 5.34. The van der Waals surface area contributed by atoms with Crippen molar-refractivity contribution >= 4 is 23.3 Å². The minimum atomic E-state index is -0.182. The fourth-order valence-corrected chi connectivity index (χ4v) is 3.70. The summed E-state index contributed by atoms with van der Waals surface area (Å²) < 4.78 is 0. The average molecular weight is 377 g/mol. The summed E-state index contributed by atoms with van der Waals surface area (Å²) in [4.78, 5) is 30.5.